The van der Waals surface area contributed by atoms with E-state index in [-0.39, 0.29) is 35.2 Å². The van der Waals surface area contributed by atoms with Gasteiger partial charge >= 0.3 is 0 Å². The number of ketones is 2. The summed E-state index contributed by atoms with van der Waals surface area (Å²) in [4.78, 5) is 33.8. The molecule has 1 fully saturated rings. The van der Waals surface area contributed by atoms with Crippen LogP contribution in [-0.4, -0.2) is 21.5 Å². The highest BCUT2D eigenvalue weighted by Gasteiger charge is 2.51. The SMILES string of the molecule is O=C(c1ccncc1)C1C2C=CC(C2)C1C(=O)c1ccncc1. The van der Waals surface area contributed by atoms with Crippen LogP contribution in [0.5, 0.6) is 0 Å². The van der Waals surface area contributed by atoms with Gasteiger partial charge in [-0.05, 0) is 42.5 Å². The molecule has 114 valence electrons. The van der Waals surface area contributed by atoms with Gasteiger partial charge in [-0.2, -0.15) is 0 Å². The molecule has 4 heteroatoms. The lowest BCUT2D eigenvalue weighted by molar-refractivity contribution is 0.0752. The van der Waals surface area contributed by atoms with E-state index in [1.165, 1.54) is 0 Å². The summed E-state index contributed by atoms with van der Waals surface area (Å²) in [5.74, 6) is -0.109. The number of Topliss-reactive ketones (excluding diaryl/α,β-unsaturated/α-hetero) is 2. The molecule has 2 aliphatic rings. The van der Waals surface area contributed by atoms with Crippen molar-refractivity contribution in [1.29, 1.82) is 0 Å². The number of aromatic nitrogens is 2. The van der Waals surface area contributed by atoms with E-state index in [0.717, 1.165) is 6.42 Å². The number of pyridine rings is 2. The molecule has 0 spiro atoms. The molecule has 1 saturated carbocycles. The van der Waals surface area contributed by atoms with Gasteiger partial charge in [-0.25, -0.2) is 0 Å². The largest absolute Gasteiger partial charge is 0.294 e. The number of hydrogen-bond donors (Lipinski definition) is 0. The first-order valence-corrected chi connectivity index (χ1v) is 7.82. The maximum Gasteiger partial charge on any atom is 0.167 e. The van der Waals surface area contributed by atoms with Gasteiger partial charge in [0, 0.05) is 47.8 Å². The molecule has 2 aliphatic carbocycles. The minimum absolute atomic E-state index is 0.0525. The van der Waals surface area contributed by atoms with Crippen molar-refractivity contribution in [2.75, 3.05) is 0 Å². The van der Waals surface area contributed by atoms with Crippen molar-refractivity contribution in [1.82, 2.24) is 9.97 Å². The van der Waals surface area contributed by atoms with Gasteiger partial charge in [-0.1, -0.05) is 12.2 Å². The van der Waals surface area contributed by atoms with Crippen LogP contribution in [0, 0.1) is 23.7 Å². The zero-order chi connectivity index (χ0) is 15.8. The Morgan fingerprint density at radius 3 is 1.52 bits per heavy atom. The fraction of sp³-hybridized carbons (Fsp3) is 0.263. The molecule has 4 unspecified atom stereocenters. The molecule has 4 atom stereocenters. The van der Waals surface area contributed by atoms with E-state index in [0.29, 0.717) is 11.1 Å². The van der Waals surface area contributed by atoms with E-state index in [2.05, 4.69) is 22.1 Å². The zero-order valence-corrected chi connectivity index (χ0v) is 12.5. The van der Waals surface area contributed by atoms with E-state index in [9.17, 15) is 9.59 Å². The summed E-state index contributed by atoms with van der Waals surface area (Å²) in [5, 5.41) is 0. The monoisotopic (exact) mass is 304 g/mol. The van der Waals surface area contributed by atoms with Gasteiger partial charge in [0.1, 0.15) is 0 Å². The molecule has 0 radical (unpaired) electrons. The van der Waals surface area contributed by atoms with Crippen LogP contribution >= 0.6 is 0 Å². The zero-order valence-electron chi connectivity index (χ0n) is 12.5. The summed E-state index contributed by atoms with van der Waals surface area (Å²) in [7, 11) is 0. The van der Waals surface area contributed by atoms with Crippen molar-refractivity contribution in [2.24, 2.45) is 23.7 Å². The van der Waals surface area contributed by atoms with Crippen molar-refractivity contribution < 1.29 is 9.59 Å². The maximum atomic E-state index is 13.0. The Morgan fingerprint density at radius 2 is 1.13 bits per heavy atom. The molecule has 4 nitrogen and oxygen atoms in total. The Hall–Kier alpha value is -2.62. The van der Waals surface area contributed by atoms with E-state index in [4.69, 9.17) is 0 Å². The lowest BCUT2D eigenvalue weighted by Crippen LogP contribution is -2.33. The number of nitrogens with zero attached hydrogens (tertiary/aromatic N) is 2. The molecule has 2 bridgehead atoms. The molecular weight excluding hydrogens is 288 g/mol. The highest BCUT2D eigenvalue weighted by atomic mass is 16.1. The third-order valence-corrected chi connectivity index (χ3v) is 4.99. The molecule has 0 aromatic carbocycles. The van der Waals surface area contributed by atoms with Crippen molar-refractivity contribution >= 4 is 11.6 Å². The normalized spacial score (nSPS) is 28.0. The van der Waals surface area contributed by atoms with Crippen LogP contribution in [-0.2, 0) is 0 Å². The average Bonchev–Trinajstić information content (AvgIpc) is 3.23. The van der Waals surface area contributed by atoms with Gasteiger partial charge in [-0.3, -0.25) is 19.6 Å². The Bertz CT molecular complexity index is 705. The minimum Gasteiger partial charge on any atom is -0.294 e. The lowest BCUT2D eigenvalue weighted by Gasteiger charge is -2.26. The molecule has 23 heavy (non-hydrogen) atoms. The van der Waals surface area contributed by atoms with Crippen LogP contribution in [0.1, 0.15) is 27.1 Å². The summed E-state index contributed by atoms with van der Waals surface area (Å²) >= 11 is 0. The second kappa shape index (κ2) is 5.54. The molecule has 2 aromatic heterocycles. The highest BCUT2D eigenvalue weighted by Crippen LogP contribution is 2.50. The Balaban J connectivity index is 1.69. The Morgan fingerprint density at radius 1 is 0.739 bits per heavy atom. The van der Waals surface area contributed by atoms with Gasteiger partial charge in [0.05, 0.1) is 0 Å². The van der Waals surface area contributed by atoms with Crippen molar-refractivity contribution in [3.63, 3.8) is 0 Å². The van der Waals surface area contributed by atoms with Crippen LogP contribution in [0.2, 0.25) is 0 Å². The molecule has 0 N–H and O–H groups in total. The number of rotatable bonds is 4. The van der Waals surface area contributed by atoms with E-state index in [1.54, 1.807) is 49.1 Å². The van der Waals surface area contributed by atoms with Gasteiger partial charge in [-0.15, -0.1) is 0 Å². The Kier molecular flexibility index (Phi) is 3.37. The predicted octanol–water partition coefficient (Wildman–Crippen LogP) is 2.98. The molecule has 2 heterocycles. The minimum atomic E-state index is -0.270. The first-order valence-electron chi connectivity index (χ1n) is 7.82. The van der Waals surface area contributed by atoms with Gasteiger partial charge < -0.3 is 0 Å². The molecule has 0 amide bonds. The van der Waals surface area contributed by atoms with Crippen LogP contribution in [0.25, 0.3) is 0 Å². The van der Waals surface area contributed by atoms with Crippen molar-refractivity contribution in [3.05, 3.63) is 72.3 Å². The average molecular weight is 304 g/mol. The second-order valence-corrected chi connectivity index (χ2v) is 6.20. The topological polar surface area (TPSA) is 59.9 Å². The standard InChI is InChI=1S/C19H16N2O2/c22-18(12-3-7-20-8-4-12)16-14-1-2-15(11-14)17(16)19(23)13-5-9-21-10-6-13/h1-10,14-17H,11H2. The number of allylic oxidation sites excluding steroid dienone is 2. The van der Waals surface area contributed by atoms with E-state index in [1.807, 2.05) is 0 Å². The summed E-state index contributed by atoms with van der Waals surface area (Å²) in [6, 6.07) is 6.91. The highest BCUT2D eigenvalue weighted by molar-refractivity contribution is 6.06. The van der Waals surface area contributed by atoms with Crippen molar-refractivity contribution in [2.45, 2.75) is 6.42 Å². The molecule has 0 saturated heterocycles. The third-order valence-electron chi connectivity index (χ3n) is 4.99. The number of carbonyl (C=O) groups excluding carboxylic acids is 2. The van der Waals surface area contributed by atoms with Gasteiger partial charge in [0.2, 0.25) is 0 Å². The lowest BCUT2D eigenvalue weighted by atomic mass is 9.75. The molecular formula is C19H16N2O2. The van der Waals surface area contributed by atoms with Gasteiger partial charge in [0.25, 0.3) is 0 Å². The molecule has 2 aromatic rings. The summed E-state index contributed by atoms with van der Waals surface area (Å²) in [6.07, 6.45) is 11.6. The fourth-order valence-corrected chi connectivity index (χ4v) is 3.95. The van der Waals surface area contributed by atoms with E-state index >= 15 is 0 Å². The first kappa shape index (κ1) is 14.0. The quantitative estimate of drug-likeness (QED) is 0.643. The predicted molar refractivity (Wildman–Crippen MR) is 84.9 cm³/mol. The van der Waals surface area contributed by atoms with Crippen LogP contribution in [0.4, 0.5) is 0 Å². The van der Waals surface area contributed by atoms with E-state index < -0.39 is 0 Å². The fourth-order valence-electron chi connectivity index (χ4n) is 3.95. The second-order valence-electron chi connectivity index (χ2n) is 6.20. The number of hydrogen-bond acceptors (Lipinski definition) is 4. The van der Waals surface area contributed by atoms with Crippen molar-refractivity contribution in [3.8, 4) is 0 Å². The van der Waals surface area contributed by atoms with Crippen LogP contribution < -0.4 is 0 Å². The molecule has 4 rings (SSSR count). The number of carbonyl (C=O) groups is 2. The smallest absolute Gasteiger partial charge is 0.167 e. The summed E-state index contributed by atoms with van der Waals surface area (Å²) in [6.45, 7) is 0. The van der Waals surface area contributed by atoms with Crippen LogP contribution in [0.3, 0.4) is 0 Å². The maximum absolute atomic E-state index is 13.0. The third kappa shape index (κ3) is 2.31. The molecule has 0 aliphatic heterocycles. The van der Waals surface area contributed by atoms with Crippen LogP contribution in [0.15, 0.2) is 61.2 Å². The number of fused-ring (bicyclic) bond motifs is 2. The first-order chi connectivity index (χ1) is 11.3. The summed E-state index contributed by atoms with van der Waals surface area (Å²) in [5.41, 5.74) is 1.27. The van der Waals surface area contributed by atoms with Gasteiger partial charge in [0.15, 0.2) is 11.6 Å². The summed E-state index contributed by atoms with van der Waals surface area (Å²) < 4.78 is 0. The Labute approximate surface area is 134 Å².